The number of aromatic hydroxyl groups is 1. The van der Waals surface area contributed by atoms with Gasteiger partial charge >= 0.3 is 0 Å². The summed E-state index contributed by atoms with van der Waals surface area (Å²) >= 11 is 0. The average molecular weight is 425 g/mol. The first-order valence-corrected chi connectivity index (χ1v) is 9.80. The number of phenolic OH excluding ortho intramolecular Hbond substituents is 1. The molecule has 31 heavy (non-hydrogen) atoms. The summed E-state index contributed by atoms with van der Waals surface area (Å²) in [5.74, 6) is -0.540. The van der Waals surface area contributed by atoms with Gasteiger partial charge in [0.25, 0.3) is 5.91 Å². The monoisotopic (exact) mass is 425 g/mol. The van der Waals surface area contributed by atoms with Gasteiger partial charge in [-0.3, -0.25) is 9.78 Å². The van der Waals surface area contributed by atoms with Gasteiger partial charge in [0.05, 0.1) is 17.0 Å². The van der Waals surface area contributed by atoms with Crippen LogP contribution in [0.1, 0.15) is 28.9 Å². The van der Waals surface area contributed by atoms with E-state index in [2.05, 4.69) is 25.8 Å². The molecule has 1 amide bonds. The molecule has 3 aromatic rings. The standard InChI is InChI=1S/C22H21F2N5O2/c1-25-21(31)15-9-13(4-6-18(15)30)17-5-7-19(29-28-17)27-12-22(10-14(23)11-22)20-16(24)3-2-8-26-20/h2-9,14,30H,10-12H2,1H3,(H,25,31)(H,27,29). The van der Waals surface area contributed by atoms with Crippen molar-refractivity contribution in [1.82, 2.24) is 20.5 Å². The highest BCUT2D eigenvalue weighted by Gasteiger charge is 2.48. The SMILES string of the molecule is CNC(=O)c1cc(-c2ccc(NCC3(c4ncccc4F)CC(F)C3)nn2)ccc1O. The number of amides is 1. The fraction of sp³-hybridized carbons (Fsp3) is 0.273. The number of benzene rings is 1. The normalized spacial score (nSPS) is 20.0. The van der Waals surface area contributed by atoms with Crippen molar-refractivity contribution in [3.63, 3.8) is 0 Å². The van der Waals surface area contributed by atoms with Crippen LogP contribution in [0.15, 0.2) is 48.7 Å². The number of anilines is 1. The number of pyridine rings is 1. The third-order valence-electron chi connectivity index (χ3n) is 5.52. The van der Waals surface area contributed by atoms with Crippen LogP contribution in [0, 0.1) is 5.82 Å². The highest BCUT2D eigenvalue weighted by atomic mass is 19.1. The molecule has 1 aliphatic carbocycles. The van der Waals surface area contributed by atoms with Crippen LogP contribution in [-0.4, -0.2) is 46.0 Å². The summed E-state index contributed by atoms with van der Waals surface area (Å²) in [6, 6.07) is 10.8. The topological polar surface area (TPSA) is 100 Å². The molecule has 160 valence electrons. The number of alkyl halides is 1. The molecule has 0 spiro atoms. The minimum absolute atomic E-state index is 0.131. The maximum Gasteiger partial charge on any atom is 0.254 e. The summed E-state index contributed by atoms with van der Waals surface area (Å²) in [4.78, 5) is 16.0. The zero-order valence-electron chi connectivity index (χ0n) is 16.8. The minimum Gasteiger partial charge on any atom is -0.507 e. The van der Waals surface area contributed by atoms with Crippen molar-refractivity contribution in [2.45, 2.75) is 24.4 Å². The number of nitrogens with zero attached hydrogens (tertiary/aromatic N) is 3. The molecule has 1 saturated carbocycles. The Balaban J connectivity index is 1.50. The van der Waals surface area contributed by atoms with Crippen molar-refractivity contribution in [2.24, 2.45) is 0 Å². The van der Waals surface area contributed by atoms with Gasteiger partial charge in [0, 0.05) is 30.8 Å². The second-order valence-corrected chi connectivity index (χ2v) is 7.59. The van der Waals surface area contributed by atoms with E-state index in [1.54, 1.807) is 18.2 Å². The molecule has 0 unspecified atom stereocenters. The second-order valence-electron chi connectivity index (χ2n) is 7.59. The fourth-order valence-electron chi connectivity index (χ4n) is 3.84. The Morgan fingerprint density at radius 1 is 1.23 bits per heavy atom. The van der Waals surface area contributed by atoms with Gasteiger partial charge in [-0.2, -0.15) is 0 Å². The lowest BCUT2D eigenvalue weighted by molar-refractivity contribution is 0.0957. The Morgan fingerprint density at radius 3 is 2.68 bits per heavy atom. The molecule has 1 fully saturated rings. The van der Waals surface area contributed by atoms with E-state index in [0.29, 0.717) is 17.1 Å². The van der Waals surface area contributed by atoms with E-state index >= 15 is 0 Å². The quantitative estimate of drug-likeness (QED) is 0.561. The van der Waals surface area contributed by atoms with Crippen LogP contribution in [0.2, 0.25) is 0 Å². The Morgan fingerprint density at radius 2 is 2.03 bits per heavy atom. The van der Waals surface area contributed by atoms with Crippen molar-refractivity contribution < 1.29 is 18.7 Å². The van der Waals surface area contributed by atoms with E-state index in [1.807, 2.05) is 0 Å². The summed E-state index contributed by atoms with van der Waals surface area (Å²) < 4.78 is 27.9. The summed E-state index contributed by atoms with van der Waals surface area (Å²) in [6.07, 6.45) is 0.899. The van der Waals surface area contributed by atoms with Crippen molar-refractivity contribution in [3.8, 4) is 17.0 Å². The minimum atomic E-state index is -0.985. The Bertz CT molecular complexity index is 1100. The number of carbonyl (C=O) groups is 1. The number of aromatic nitrogens is 3. The highest BCUT2D eigenvalue weighted by Crippen LogP contribution is 2.45. The molecule has 2 heterocycles. The van der Waals surface area contributed by atoms with E-state index in [4.69, 9.17) is 0 Å². The molecule has 3 N–H and O–H groups in total. The summed E-state index contributed by atoms with van der Waals surface area (Å²) in [7, 11) is 1.48. The van der Waals surface area contributed by atoms with Crippen LogP contribution < -0.4 is 10.6 Å². The lowest BCUT2D eigenvalue weighted by atomic mass is 9.65. The molecule has 9 heteroatoms. The molecule has 4 rings (SSSR count). The van der Waals surface area contributed by atoms with E-state index in [9.17, 15) is 18.7 Å². The van der Waals surface area contributed by atoms with Gasteiger partial charge in [-0.15, -0.1) is 10.2 Å². The molecule has 1 aromatic carbocycles. The number of hydrogen-bond acceptors (Lipinski definition) is 6. The van der Waals surface area contributed by atoms with E-state index in [-0.39, 0.29) is 36.4 Å². The highest BCUT2D eigenvalue weighted by molar-refractivity contribution is 5.97. The van der Waals surface area contributed by atoms with Gasteiger partial charge in [0.15, 0.2) is 0 Å². The molecule has 0 bridgehead atoms. The predicted molar refractivity (Wildman–Crippen MR) is 111 cm³/mol. The number of nitrogens with one attached hydrogen (secondary N) is 2. The zero-order valence-corrected chi connectivity index (χ0v) is 16.8. The third-order valence-corrected chi connectivity index (χ3v) is 5.52. The molecule has 2 aromatic heterocycles. The first kappa shape index (κ1) is 20.6. The van der Waals surface area contributed by atoms with Crippen LogP contribution >= 0.6 is 0 Å². The fourth-order valence-corrected chi connectivity index (χ4v) is 3.84. The van der Waals surface area contributed by atoms with Crippen molar-refractivity contribution >= 4 is 11.7 Å². The number of halogens is 2. The van der Waals surface area contributed by atoms with Crippen LogP contribution in [0.5, 0.6) is 5.75 Å². The summed E-state index contributed by atoms with van der Waals surface area (Å²) in [5.41, 5.74) is 0.779. The number of phenols is 1. The van der Waals surface area contributed by atoms with Gasteiger partial charge in [-0.05, 0) is 55.3 Å². The van der Waals surface area contributed by atoms with E-state index in [0.717, 1.165) is 0 Å². The Labute approximate surface area is 177 Å². The number of rotatable bonds is 6. The Kier molecular flexibility index (Phi) is 5.50. The first-order valence-electron chi connectivity index (χ1n) is 9.80. The molecule has 0 aliphatic heterocycles. The lowest BCUT2D eigenvalue weighted by Gasteiger charge is -2.44. The summed E-state index contributed by atoms with van der Waals surface area (Å²) in [6.45, 7) is 0.273. The van der Waals surface area contributed by atoms with Crippen LogP contribution in [-0.2, 0) is 5.41 Å². The second kappa shape index (κ2) is 8.25. The van der Waals surface area contributed by atoms with Crippen LogP contribution in [0.4, 0.5) is 14.6 Å². The lowest BCUT2D eigenvalue weighted by Crippen LogP contribution is -2.49. The maximum atomic E-state index is 14.3. The van der Waals surface area contributed by atoms with Crippen molar-refractivity contribution in [1.29, 1.82) is 0 Å². The summed E-state index contributed by atoms with van der Waals surface area (Å²) in [5, 5.41) is 23.7. The van der Waals surface area contributed by atoms with Gasteiger partial charge < -0.3 is 15.7 Å². The molecular weight excluding hydrogens is 404 g/mol. The number of carbonyl (C=O) groups excluding carboxylic acids is 1. The largest absolute Gasteiger partial charge is 0.507 e. The molecule has 0 saturated heterocycles. The smallest absolute Gasteiger partial charge is 0.254 e. The van der Waals surface area contributed by atoms with E-state index in [1.165, 1.54) is 37.5 Å². The molecule has 0 atom stereocenters. The number of hydrogen-bond donors (Lipinski definition) is 3. The van der Waals surface area contributed by atoms with Gasteiger partial charge in [-0.1, -0.05) is 0 Å². The Hall–Kier alpha value is -3.62. The van der Waals surface area contributed by atoms with Crippen LogP contribution in [0.25, 0.3) is 11.3 Å². The molecule has 1 aliphatic rings. The molecule has 7 nitrogen and oxygen atoms in total. The van der Waals surface area contributed by atoms with Crippen molar-refractivity contribution in [3.05, 3.63) is 65.7 Å². The maximum absolute atomic E-state index is 14.3. The van der Waals surface area contributed by atoms with Gasteiger partial charge in [0.2, 0.25) is 0 Å². The van der Waals surface area contributed by atoms with Crippen molar-refractivity contribution in [2.75, 3.05) is 18.9 Å². The molecule has 0 radical (unpaired) electrons. The predicted octanol–water partition coefficient (Wildman–Crippen LogP) is 3.22. The molecular formula is C22H21F2N5O2. The van der Waals surface area contributed by atoms with Crippen LogP contribution in [0.3, 0.4) is 0 Å². The van der Waals surface area contributed by atoms with E-state index < -0.39 is 23.3 Å². The average Bonchev–Trinajstić information content (AvgIpc) is 2.76. The zero-order chi connectivity index (χ0) is 22.0. The third kappa shape index (κ3) is 4.03. The first-order chi connectivity index (χ1) is 14.9. The van der Waals surface area contributed by atoms with Gasteiger partial charge in [0.1, 0.15) is 23.6 Å². The van der Waals surface area contributed by atoms with Gasteiger partial charge in [-0.25, -0.2) is 8.78 Å².